The average Bonchev–Trinajstić information content (AvgIpc) is 2.12. The molecule has 0 aliphatic carbocycles. The summed E-state index contributed by atoms with van der Waals surface area (Å²) in [5.74, 6) is 0. The summed E-state index contributed by atoms with van der Waals surface area (Å²) in [4.78, 5) is 2.58. The molecule has 0 bridgehead atoms. The molecule has 2 heteroatoms. The monoisotopic (exact) mass is 198 g/mol. The van der Waals surface area contributed by atoms with Crippen LogP contribution in [-0.2, 0) is 0 Å². The van der Waals surface area contributed by atoms with Crippen LogP contribution < -0.4 is 5.73 Å². The molecule has 1 aliphatic rings. The van der Waals surface area contributed by atoms with Gasteiger partial charge in [0.05, 0.1) is 0 Å². The van der Waals surface area contributed by atoms with Crippen LogP contribution in [0.5, 0.6) is 0 Å². The minimum atomic E-state index is 0.379. The zero-order valence-corrected chi connectivity index (χ0v) is 10.1. The number of unbranched alkanes of at least 4 members (excludes halogenated alkanes) is 2. The molecule has 0 aromatic rings. The Morgan fingerprint density at radius 3 is 2.71 bits per heavy atom. The third kappa shape index (κ3) is 3.25. The van der Waals surface area contributed by atoms with Crippen LogP contribution in [0.15, 0.2) is 0 Å². The summed E-state index contributed by atoms with van der Waals surface area (Å²) in [6, 6.07) is 0.407. The molecule has 1 unspecified atom stereocenters. The highest BCUT2D eigenvalue weighted by atomic mass is 15.2. The second kappa shape index (κ2) is 5.13. The summed E-state index contributed by atoms with van der Waals surface area (Å²) >= 11 is 0. The summed E-state index contributed by atoms with van der Waals surface area (Å²) in [6.07, 6.45) is 6.42. The Labute approximate surface area is 88.8 Å². The van der Waals surface area contributed by atoms with Crippen molar-refractivity contribution in [2.24, 2.45) is 5.73 Å². The van der Waals surface area contributed by atoms with Crippen LogP contribution in [0.1, 0.15) is 52.9 Å². The van der Waals surface area contributed by atoms with Gasteiger partial charge in [-0.25, -0.2) is 0 Å². The van der Waals surface area contributed by atoms with E-state index in [1.54, 1.807) is 0 Å². The quantitative estimate of drug-likeness (QED) is 0.703. The van der Waals surface area contributed by atoms with Crippen LogP contribution in [0, 0.1) is 0 Å². The van der Waals surface area contributed by atoms with Gasteiger partial charge in [0.25, 0.3) is 0 Å². The SMILES string of the molecule is CCCCCN1CC(N)CCC1(C)C. The van der Waals surface area contributed by atoms with E-state index in [0.717, 1.165) is 6.54 Å². The van der Waals surface area contributed by atoms with Crippen molar-refractivity contribution in [3.8, 4) is 0 Å². The average molecular weight is 198 g/mol. The zero-order chi connectivity index (χ0) is 10.6. The van der Waals surface area contributed by atoms with Crippen LogP contribution in [-0.4, -0.2) is 29.6 Å². The smallest absolute Gasteiger partial charge is 0.0168 e. The van der Waals surface area contributed by atoms with E-state index < -0.39 is 0 Å². The van der Waals surface area contributed by atoms with Crippen LogP contribution in [0.2, 0.25) is 0 Å². The van der Waals surface area contributed by atoms with Crippen LogP contribution in [0.3, 0.4) is 0 Å². The Morgan fingerprint density at radius 2 is 2.07 bits per heavy atom. The lowest BCUT2D eigenvalue weighted by Gasteiger charge is -2.44. The van der Waals surface area contributed by atoms with Crippen LogP contribution in [0.25, 0.3) is 0 Å². The molecule has 14 heavy (non-hydrogen) atoms. The van der Waals surface area contributed by atoms with E-state index in [2.05, 4.69) is 25.7 Å². The highest BCUT2D eigenvalue weighted by Crippen LogP contribution is 2.26. The second-order valence-electron chi connectivity index (χ2n) is 5.26. The largest absolute Gasteiger partial charge is 0.327 e. The Morgan fingerprint density at radius 1 is 1.36 bits per heavy atom. The Hall–Kier alpha value is -0.0800. The van der Waals surface area contributed by atoms with Gasteiger partial charge in [0, 0.05) is 18.1 Å². The normalized spacial score (nSPS) is 27.9. The van der Waals surface area contributed by atoms with E-state index in [9.17, 15) is 0 Å². The zero-order valence-electron chi connectivity index (χ0n) is 10.1. The van der Waals surface area contributed by atoms with E-state index in [-0.39, 0.29) is 0 Å². The van der Waals surface area contributed by atoms with Crippen molar-refractivity contribution in [1.82, 2.24) is 4.90 Å². The third-order valence-corrected chi connectivity index (χ3v) is 3.47. The molecule has 1 aliphatic heterocycles. The van der Waals surface area contributed by atoms with Gasteiger partial charge in [-0.1, -0.05) is 19.8 Å². The Balaban J connectivity index is 2.38. The maximum absolute atomic E-state index is 6.01. The molecular formula is C12H26N2. The van der Waals surface area contributed by atoms with Gasteiger partial charge in [0.15, 0.2) is 0 Å². The molecule has 1 fully saturated rings. The minimum Gasteiger partial charge on any atom is -0.327 e. The molecule has 84 valence electrons. The van der Waals surface area contributed by atoms with E-state index in [1.165, 1.54) is 38.6 Å². The first-order valence-corrected chi connectivity index (χ1v) is 6.07. The molecule has 0 saturated carbocycles. The molecule has 1 saturated heterocycles. The lowest BCUT2D eigenvalue weighted by Crippen LogP contribution is -2.54. The molecular weight excluding hydrogens is 172 g/mol. The van der Waals surface area contributed by atoms with E-state index in [0.29, 0.717) is 11.6 Å². The minimum absolute atomic E-state index is 0.379. The molecule has 2 nitrogen and oxygen atoms in total. The molecule has 0 aromatic carbocycles. The first-order valence-electron chi connectivity index (χ1n) is 6.07. The summed E-state index contributed by atoms with van der Waals surface area (Å²) in [7, 11) is 0. The van der Waals surface area contributed by atoms with Gasteiger partial charge in [-0.2, -0.15) is 0 Å². The topological polar surface area (TPSA) is 29.3 Å². The maximum atomic E-state index is 6.01. The summed E-state index contributed by atoms with van der Waals surface area (Å²) in [6.45, 7) is 9.29. The van der Waals surface area contributed by atoms with Gasteiger partial charge in [-0.05, 0) is 39.7 Å². The van der Waals surface area contributed by atoms with E-state index in [1.807, 2.05) is 0 Å². The highest BCUT2D eigenvalue weighted by Gasteiger charge is 2.31. The molecule has 2 N–H and O–H groups in total. The van der Waals surface area contributed by atoms with Crippen molar-refractivity contribution in [2.75, 3.05) is 13.1 Å². The van der Waals surface area contributed by atoms with Gasteiger partial charge in [-0.3, -0.25) is 4.90 Å². The fraction of sp³-hybridized carbons (Fsp3) is 1.00. The maximum Gasteiger partial charge on any atom is 0.0168 e. The Bertz CT molecular complexity index is 166. The predicted octanol–water partition coefficient (Wildman–Crippen LogP) is 2.38. The van der Waals surface area contributed by atoms with Crippen LogP contribution >= 0.6 is 0 Å². The van der Waals surface area contributed by atoms with E-state index >= 15 is 0 Å². The lowest BCUT2D eigenvalue weighted by atomic mass is 9.88. The third-order valence-electron chi connectivity index (χ3n) is 3.47. The highest BCUT2D eigenvalue weighted by molar-refractivity contribution is 4.90. The molecule has 1 rings (SSSR count). The van der Waals surface area contributed by atoms with Crippen molar-refractivity contribution >= 4 is 0 Å². The number of rotatable bonds is 4. The van der Waals surface area contributed by atoms with Crippen molar-refractivity contribution in [2.45, 2.75) is 64.5 Å². The molecule has 0 radical (unpaired) electrons. The van der Waals surface area contributed by atoms with Gasteiger partial charge < -0.3 is 5.73 Å². The number of likely N-dealkylation sites (tertiary alicyclic amines) is 1. The summed E-state index contributed by atoms with van der Waals surface area (Å²) < 4.78 is 0. The first kappa shape index (κ1) is 12.0. The summed E-state index contributed by atoms with van der Waals surface area (Å²) in [5, 5.41) is 0. The fourth-order valence-corrected chi connectivity index (χ4v) is 2.26. The number of nitrogens with two attached hydrogens (primary N) is 1. The molecule has 0 amide bonds. The van der Waals surface area contributed by atoms with Gasteiger partial charge >= 0.3 is 0 Å². The van der Waals surface area contributed by atoms with Crippen molar-refractivity contribution in [3.63, 3.8) is 0 Å². The fourth-order valence-electron chi connectivity index (χ4n) is 2.26. The molecule has 1 heterocycles. The molecule has 0 spiro atoms. The number of nitrogens with zero attached hydrogens (tertiary/aromatic N) is 1. The number of hydrogen-bond acceptors (Lipinski definition) is 2. The van der Waals surface area contributed by atoms with E-state index in [4.69, 9.17) is 5.73 Å². The predicted molar refractivity (Wildman–Crippen MR) is 62.4 cm³/mol. The van der Waals surface area contributed by atoms with Crippen LogP contribution in [0.4, 0.5) is 0 Å². The lowest BCUT2D eigenvalue weighted by molar-refractivity contribution is 0.0645. The number of piperidine rings is 1. The van der Waals surface area contributed by atoms with Crippen molar-refractivity contribution < 1.29 is 0 Å². The molecule has 0 aromatic heterocycles. The van der Waals surface area contributed by atoms with Gasteiger partial charge in [0.2, 0.25) is 0 Å². The first-order chi connectivity index (χ1) is 6.56. The van der Waals surface area contributed by atoms with Crippen molar-refractivity contribution in [1.29, 1.82) is 0 Å². The second-order valence-corrected chi connectivity index (χ2v) is 5.26. The van der Waals surface area contributed by atoms with Gasteiger partial charge in [-0.15, -0.1) is 0 Å². The number of hydrogen-bond donors (Lipinski definition) is 1. The summed E-state index contributed by atoms with van der Waals surface area (Å²) in [5.41, 5.74) is 6.39. The van der Waals surface area contributed by atoms with Gasteiger partial charge in [0.1, 0.15) is 0 Å². The molecule has 1 atom stereocenters. The van der Waals surface area contributed by atoms with Crippen molar-refractivity contribution in [3.05, 3.63) is 0 Å². The standard InChI is InChI=1S/C12H26N2/c1-4-5-6-9-14-10-11(13)7-8-12(14,2)3/h11H,4-10,13H2,1-3H3. The Kier molecular flexibility index (Phi) is 4.39.